The smallest absolute Gasteiger partial charge is 0.0441 e. The SMILES string of the molecule is Cc1[c]c(C)c(Cl)cc1. The minimum absolute atomic E-state index is 0.792. The van der Waals surface area contributed by atoms with E-state index in [4.69, 9.17) is 11.6 Å². The highest BCUT2D eigenvalue weighted by atomic mass is 35.5. The third-order valence-electron chi connectivity index (χ3n) is 1.22. The summed E-state index contributed by atoms with van der Waals surface area (Å²) in [6.45, 7) is 3.96. The van der Waals surface area contributed by atoms with Crippen LogP contribution in [0.1, 0.15) is 11.1 Å². The summed E-state index contributed by atoms with van der Waals surface area (Å²) in [7, 11) is 0. The van der Waals surface area contributed by atoms with Gasteiger partial charge in [-0.25, -0.2) is 0 Å². The van der Waals surface area contributed by atoms with Gasteiger partial charge >= 0.3 is 0 Å². The number of halogens is 1. The molecule has 0 spiro atoms. The lowest BCUT2D eigenvalue weighted by Crippen LogP contribution is -1.76. The van der Waals surface area contributed by atoms with E-state index in [0.29, 0.717) is 0 Å². The van der Waals surface area contributed by atoms with Crippen molar-refractivity contribution in [1.29, 1.82) is 0 Å². The van der Waals surface area contributed by atoms with E-state index in [1.54, 1.807) is 0 Å². The van der Waals surface area contributed by atoms with Crippen LogP contribution in [0.5, 0.6) is 0 Å². The van der Waals surface area contributed by atoms with Gasteiger partial charge in [-0.15, -0.1) is 0 Å². The minimum Gasteiger partial charge on any atom is -0.0840 e. The largest absolute Gasteiger partial charge is 0.0840 e. The molecule has 1 radical (unpaired) electrons. The molecule has 0 aliphatic carbocycles. The summed E-state index contributed by atoms with van der Waals surface area (Å²) in [4.78, 5) is 0. The van der Waals surface area contributed by atoms with Crippen molar-refractivity contribution in [3.05, 3.63) is 34.3 Å². The summed E-state index contributed by atoms with van der Waals surface area (Å²) in [5.74, 6) is 0. The summed E-state index contributed by atoms with van der Waals surface area (Å²) in [6.07, 6.45) is 0. The van der Waals surface area contributed by atoms with Gasteiger partial charge in [-0.3, -0.25) is 0 Å². The van der Waals surface area contributed by atoms with Crippen molar-refractivity contribution in [2.75, 3.05) is 0 Å². The average Bonchev–Trinajstić information content (AvgIpc) is 1.80. The quantitative estimate of drug-likeness (QED) is 0.519. The summed E-state index contributed by atoms with van der Waals surface area (Å²) in [6, 6.07) is 6.95. The Labute approximate surface area is 60.5 Å². The highest BCUT2D eigenvalue weighted by molar-refractivity contribution is 6.31. The molecule has 0 atom stereocenters. The monoisotopic (exact) mass is 139 g/mol. The van der Waals surface area contributed by atoms with E-state index in [-0.39, 0.29) is 0 Å². The summed E-state index contributed by atoms with van der Waals surface area (Å²) < 4.78 is 0. The fourth-order valence-corrected chi connectivity index (χ4v) is 0.831. The lowest BCUT2D eigenvalue weighted by molar-refractivity contribution is 1.37. The maximum absolute atomic E-state index is 5.75. The molecule has 0 fully saturated rings. The van der Waals surface area contributed by atoms with Gasteiger partial charge in [0.05, 0.1) is 0 Å². The molecule has 1 heteroatoms. The molecular weight excluding hydrogens is 132 g/mol. The van der Waals surface area contributed by atoms with Gasteiger partial charge in [0.25, 0.3) is 0 Å². The molecule has 1 aromatic rings. The zero-order chi connectivity index (χ0) is 6.85. The van der Waals surface area contributed by atoms with Crippen LogP contribution in [0, 0.1) is 19.9 Å². The van der Waals surface area contributed by atoms with Gasteiger partial charge < -0.3 is 0 Å². The van der Waals surface area contributed by atoms with Crippen molar-refractivity contribution in [3.8, 4) is 0 Å². The number of benzene rings is 1. The van der Waals surface area contributed by atoms with E-state index >= 15 is 0 Å². The van der Waals surface area contributed by atoms with Crippen LogP contribution in [0.15, 0.2) is 12.1 Å². The molecule has 0 aliphatic rings. The number of hydrogen-bond donors (Lipinski definition) is 0. The van der Waals surface area contributed by atoms with Crippen LogP contribution in [-0.4, -0.2) is 0 Å². The van der Waals surface area contributed by atoms with Gasteiger partial charge in [0.15, 0.2) is 0 Å². The first-order chi connectivity index (χ1) is 4.20. The lowest BCUT2D eigenvalue weighted by Gasteiger charge is -1.95. The number of hydrogen-bond acceptors (Lipinski definition) is 0. The second kappa shape index (κ2) is 2.40. The molecular formula is C8H8Cl. The summed E-state index contributed by atoms with van der Waals surface area (Å²) in [5.41, 5.74) is 2.16. The van der Waals surface area contributed by atoms with Gasteiger partial charge in [-0.1, -0.05) is 17.7 Å². The lowest BCUT2D eigenvalue weighted by atomic mass is 10.2. The first kappa shape index (κ1) is 6.63. The first-order valence-corrected chi connectivity index (χ1v) is 3.23. The molecule has 0 nitrogen and oxygen atoms in total. The molecule has 0 N–H and O–H groups in total. The van der Waals surface area contributed by atoms with Crippen LogP contribution < -0.4 is 0 Å². The molecule has 0 saturated heterocycles. The molecule has 0 heterocycles. The average molecular weight is 140 g/mol. The highest BCUT2D eigenvalue weighted by Gasteiger charge is 1.92. The van der Waals surface area contributed by atoms with E-state index in [2.05, 4.69) is 6.07 Å². The Bertz CT molecular complexity index is 216. The van der Waals surface area contributed by atoms with Crippen molar-refractivity contribution >= 4 is 11.6 Å². The Balaban J connectivity index is 3.17. The second-order valence-corrected chi connectivity index (χ2v) is 2.52. The molecule has 0 saturated carbocycles. The molecule has 9 heavy (non-hydrogen) atoms. The summed E-state index contributed by atoms with van der Waals surface area (Å²) >= 11 is 5.75. The predicted octanol–water partition coefficient (Wildman–Crippen LogP) is 2.76. The molecule has 1 aromatic carbocycles. The Kier molecular flexibility index (Phi) is 1.77. The Morgan fingerprint density at radius 2 is 2.00 bits per heavy atom. The van der Waals surface area contributed by atoms with Gasteiger partial charge in [0, 0.05) is 5.02 Å². The van der Waals surface area contributed by atoms with E-state index in [0.717, 1.165) is 16.1 Å². The van der Waals surface area contributed by atoms with Crippen molar-refractivity contribution in [2.45, 2.75) is 13.8 Å². The van der Waals surface area contributed by atoms with Gasteiger partial charge in [0.2, 0.25) is 0 Å². The van der Waals surface area contributed by atoms with Crippen molar-refractivity contribution in [2.24, 2.45) is 0 Å². The molecule has 0 bridgehead atoms. The van der Waals surface area contributed by atoms with Crippen LogP contribution in [0.25, 0.3) is 0 Å². The van der Waals surface area contributed by atoms with Gasteiger partial charge in [-0.2, -0.15) is 0 Å². The van der Waals surface area contributed by atoms with E-state index in [1.165, 1.54) is 0 Å². The third-order valence-corrected chi connectivity index (χ3v) is 1.63. The zero-order valence-corrected chi connectivity index (χ0v) is 6.29. The van der Waals surface area contributed by atoms with Gasteiger partial charge in [-0.05, 0) is 37.1 Å². The topological polar surface area (TPSA) is 0 Å². The standard InChI is InChI=1S/C8H8Cl/c1-6-3-4-8(9)7(2)5-6/h3-4H,1-2H3. The molecule has 0 aliphatic heterocycles. The second-order valence-electron chi connectivity index (χ2n) is 2.11. The zero-order valence-electron chi connectivity index (χ0n) is 5.53. The minimum atomic E-state index is 0.792. The normalized spacial score (nSPS) is 9.67. The number of rotatable bonds is 0. The fourth-order valence-electron chi connectivity index (χ4n) is 0.720. The number of aryl methyl sites for hydroxylation is 2. The molecule has 0 unspecified atom stereocenters. The molecule has 0 amide bonds. The Morgan fingerprint density at radius 1 is 1.33 bits per heavy atom. The van der Waals surface area contributed by atoms with E-state index in [9.17, 15) is 0 Å². The fraction of sp³-hybridized carbons (Fsp3) is 0.250. The maximum atomic E-state index is 5.75. The molecule has 47 valence electrons. The van der Waals surface area contributed by atoms with E-state index < -0.39 is 0 Å². The Morgan fingerprint density at radius 3 is 2.44 bits per heavy atom. The van der Waals surface area contributed by atoms with Crippen LogP contribution in [0.2, 0.25) is 5.02 Å². The third kappa shape index (κ3) is 1.46. The van der Waals surface area contributed by atoms with E-state index in [1.807, 2.05) is 26.0 Å². The van der Waals surface area contributed by atoms with Crippen molar-refractivity contribution < 1.29 is 0 Å². The predicted molar refractivity (Wildman–Crippen MR) is 39.8 cm³/mol. The molecule has 0 aromatic heterocycles. The van der Waals surface area contributed by atoms with Crippen LogP contribution in [0.3, 0.4) is 0 Å². The van der Waals surface area contributed by atoms with Crippen molar-refractivity contribution in [3.63, 3.8) is 0 Å². The molecule has 1 rings (SSSR count). The summed E-state index contributed by atoms with van der Waals surface area (Å²) in [5, 5.41) is 0.792. The Hall–Kier alpha value is -0.490. The van der Waals surface area contributed by atoms with Crippen LogP contribution in [-0.2, 0) is 0 Å². The van der Waals surface area contributed by atoms with Crippen LogP contribution in [0.4, 0.5) is 0 Å². The van der Waals surface area contributed by atoms with Gasteiger partial charge in [0.1, 0.15) is 0 Å². The maximum Gasteiger partial charge on any atom is 0.0441 e. The van der Waals surface area contributed by atoms with Crippen molar-refractivity contribution in [1.82, 2.24) is 0 Å². The highest BCUT2D eigenvalue weighted by Crippen LogP contribution is 2.14. The van der Waals surface area contributed by atoms with Crippen LogP contribution >= 0.6 is 11.6 Å². The first-order valence-electron chi connectivity index (χ1n) is 2.85.